The lowest BCUT2D eigenvalue weighted by Crippen LogP contribution is -2.44. The molecule has 0 radical (unpaired) electrons. The Morgan fingerprint density at radius 2 is 0.672 bits per heavy atom. The number of nitrogens with zero attached hydrogens (tertiary/aromatic N) is 5. The minimum atomic E-state index is -1.27. The summed E-state index contributed by atoms with van der Waals surface area (Å²) in [5.41, 5.74) is 20.0. The first-order valence-electron chi connectivity index (χ1n) is 38.8. The fourth-order valence-electron chi connectivity index (χ4n) is 12.3. The van der Waals surface area contributed by atoms with Gasteiger partial charge in [0.05, 0.1) is 44.6 Å². The summed E-state index contributed by atoms with van der Waals surface area (Å²) in [5.74, 6) is -7.24. The van der Waals surface area contributed by atoms with Crippen LogP contribution < -0.4 is 49.8 Å². The number of aliphatic carboxylic acids is 3. The van der Waals surface area contributed by atoms with Gasteiger partial charge in [0.25, 0.3) is 34.4 Å². The van der Waals surface area contributed by atoms with Gasteiger partial charge in [0.1, 0.15) is 65.7 Å². The van der Waals surface area contributed by atoms with Crippen LogP contribution in [-0.2, 0) is 47.7 Å². The molecule has 3 amide bonds. The predicted octanol–water partition coefficient (Wildman–Crippen LogP) is 9.88. The summed E-state index contributed by atoms with van der Waals surface area (Å²) in [6, 6.07) is 61.1. The second-order valence-electron chi connectivity index (χ2n) is 26.4. The van der Waals surface area contributed by atoms with E-state index in [2.05, 4.69) is 30.7 Å². The van der Waals surface area contributed by atoms with Gasteiger partial charge < -0.3 is 81.1 Å². The summed E-state index contributed by atoms with van der Waals surface area (Å²) >= 11 is 0. The fourth-order valence-corrected chi connectivity index (χ4v) is 12.3. The van der Waals surface area contributed by atoms with Gasteiger partial charge in [-0.2, -0.15) is 0 Å². The summed E-state index contributed by atoms with van der Waals surface area (Å²) < 4.78 is 23.8. The molecular formula is C89H104BrClN12O19. The van der Waals surface area contributed by atoms with Gasteiger partial charge >= 0.3 is 35.8 Å². The highest BCUT2D eigenvalue weighted by atomic mass is 79.9. The Balaban J connectivity index is 0.000000361. The summed E-state index contributed by atoms with van der Waals surface area (Å²) in [5, 5.41) is 42.2. The molecule has 9 rings (SSSR count). The van der Waals surface area contributed by atoms with Crippen molar-refractivity contribution in [3.63, 3.8) is 0 Å². The van der Waals surface area contributed by atoms with E-state index in [1.165, 1.54) is 31.9 Å². The van der Waals surface area contributed by atoms with Crippen molar-refractivity contribution in [1.29, 1.82) is 5.41 Å². The molecule has 33 heteroatoms. The van der Waals surface area contributed by atoms with Gasteiger partial charge in [0.15, 0.2) is 5.90 Å². The zero-order valence-corrected chi connectivity index (χ0v) is 70.5. The van der Waals surface area contributed by atoms with E-state index in [9.17, 15) is 67.7 Å². The van der Waals surface area contributed by atoms with Gasteiger partial charge in [0.2, 0.25) is 0 Å². The summed E-state index contributed by atoms with van der Waals surface area (Å²) in [7, 11) is 0. The third-order valence-corrected chi connectivity index (χ3v) is 17.8. The number of halogens is 2. The molecule has 3 aromatic heterocycles. The molecule has 0 saturated carbocycles. The zero-order chi connectivity index (χ0) is 87.3. The average molecular weight is 1760 g/mol. The van der Waals surface area contributed by atoms with Crippen LogP contribution in [0, 0.1) is 5.41 Å². The number of amidine groups is 2. The highest BCUT2D eigenvalue weighted by Crippen LogP contribution is 2.29. The molecule has 122 heavy (non-hydrogen) atoms. The Kier molecular flexibility index (Phi) is 45.1. The molecule has 0 fully saturated rings. The Bertz CT molecular complexity index is 4950. The molecule has 9 aromatic rings. The van der Waals surface area contributed by atoms with Crippen LogP contribution in [0.2, 0.25) is 0 Å². The highest BCUT2D eigenvalue weighted by molar-refractivity contribution is 8.93. The monoisotopic (exact) mass is 1760 g/mol. The van der Waals surface area contributed by atoms with Crippen molar-refractivity contribution in [3.8, 4) is 0 Å². The van der Waals surface area contributed by atoms with E-state index in [-0.39, 0.29) is 128 Å². The third kappa shape index (κ3) is 32.7. The number of carboxylic acids is 3. The van der Waals surface area contributed by atoms with Crippen LogP contribution in [0.15, 0.2) is 261 Å². The number of aliphatic imine (C=N–C) groups is 2. The van der Waals surface area contributed by atoms with Crippen molar-refractivity contribution in [3.05, 3.63) is 318 Å². The molecule has 0 saturated heterocycles. The van der Waals surface area contributed by atoms with Crippen LogP contribution >= 0.6 is 29.4 Å². The molecule has 13 N–H and O–H groups in total. The number of pyridine rings is 3. The normalized spacial score (nSPS) is 11.5. The molecule has 0 bridgehead atoms. The number of esters is 3. The van der Waals surface area contributed by atoms with Crippen molar-refractivity contribution in [2.75, 3.05) is 46.1 Å². The van der Waals surface area contributed by atoms with Gasteiger partial charge in [-0.05, 0) is 143 Å². The molecule has 0 aliphatic carbocycles. The van der Waals surface area contributed by atoms with Crippen LogP contribution in [0.3, 0.4) is 0 Å². The smallest absolute Gasteiger partial charge is 0.328 e. The molecule has 0 aliphatic rings. The van der Waals surface area contributed by atoms with E-state index >= 15 is 0 Å². The van der Waals surface area contributed by atoms with Crippen LogP contribution in [0.25, 0.3) is 0 Å². The quantitative estimate of drug-likeness (QED) is 0.00563. The lowest BCUT2D eigenvalue weighted by Gasteiger charge is -2.22. The molecule has 3 atom stereocenters. The van der Waals surface area contributed by atoms with E-state index in [0.717, 1.165) is 33.4 Å². The van der Waals surface area contributed by atoms with Gasteiger partial charge in [0, 0.05) is 31.7 Å². The maximum Gasteiger partial charge on any atom is 0.328 e. The number of amides is 3. The molecule has 0 unspecified atom stereocenters. The van der Waals surface area contributed by atoms with Gasteiger partial charge in [-0.15, -0.1) is 29.4 Å². The van der Waals surface area contributed by atoms with Gasteiger partial charge in [-0.3, -0.25) is 58.5 Å². The largest absolute Gasteiger partial charge is 0.481 e. The number of carbonyl (C=O) groups is 9. The van der Waals surface area contributed by atoms with E-state index in [4.69, 9.17) is 41.9 Å². The number of hydrogen-bond donors (Lipinski definition) is 10. The minimum Gasteiger partial charge on any atom is -0.481 e. The Labute approximate surface area is 722 Å². The standard InChI is InChI=1S/C31H36N4O6.C27H28N4O6.C24H25N3O4.C7H13NO3.BrH.ClH/c1-3-40-27(36)21-26(32)33-19-11-18-25(31(39)41-4-2)34-29(37)24-17-12-20-35(30(24)38)28(22-13-7-5-8-14-22)23-15-9-6-10-16-23;28-22(17-23(32)33)29-15-7-14-21(27(36)37)30-25(34)20-13-8-16-31(26(20)35)24(18-9-3-1-4-10-18)19-11-5-2-6-12-19;25-15-7-14-20(24(30)31)26-22(28)19-13-8-16-27(23(19)29)21(17-9-3-1-4-10-17)18-11-5-2-6-12-18;1-3-10-6(8)5-7(9)11-4-2;;/h5-10,12-17,20,25,28H,3-4,11,18-19,21H2,1-2H3,(H2,32,33)(H,34,37);1-6,8-13,16,21,24H,7,14-15,17H2,(H2,28,29)(H,30,34)(H,32,33)(H,36,37);1-6,8-13,16,20-21H,7,14-15,25H2,(H,26,28)(H,30,31);8H,3-5H2,1-2H3;2*1H/t25-;21-;20-;;;/m000.../s1. The SMILES string of the molecule is Br.CCOC(=N)CC(=O)OCC.CCOC(=O)CC(N)=NCCC[C@H](NC(=O)c1cccn(C(c2ccccc2)c2ccccc2)c1=O)C(=O)OCC.Cl.NC(CC(=O)O)=NCCC[C@H](NC(=O)c1cccn(C(c2ccccc2)c2ccccc2)c1=O)C(=O)O.NCCC[C@H](NC(=O)c1cccn(C(c2ccccc2)c2ccccc2)c1=O)C(=O)O. The van der Waals surface area contributed by atoms with Crippen molar-refractivity contribution in [2.24, 2.45) is 27.2 Å². The molecule has 0 spiro atoms. The Hall–Kier alpha value is -13.5. The maximum atomic E-state index is 13.7. The van der Waals surface area contributed by atoms with Crippen LogP contribution in [0.4, 0.5) is 0 Å². The number of carbonyl (C=O) groups excluding carboxylic acids is 6. The molecule has 648 valence electrons. The summed E-state index contributed by atoms with van der Waals surface area (Å²) in [6.45, 7) is 8.64. The minimum absolute atomic E-state index is 0. The summed E-state index contributed by atoms with van der Waals surface area (Å²) in [6.07, 6.45) is 5.72. The van der Waals surface area contributed by atoms with Crippen LogP contribution in [0.1, 0.15) is 168 Å². The van der Waals surface area contributed by atoms with Crippen molar-refractivity contribution in [1.82, 2.24) is 29.7 Å². The van der Waals surface area contributed by atoms with E-state index in [0.29, 0.717) is 32.6 Å². The van der Waals surface area contributed by atoms with E-state index in [1.807, 2.05) is 182 Å². The first-order chi connectivity index (χ1) is 57.8. The number of benzene rings is 6. The number of nitrogens with one attached hydrogen (secondary N) is 4. The number of aromatic nitrogens is 3. The number of ether oxygens (including phenoxy) is 4. The van der Waals surface area contributed by atoms with Crippen molar-refractivity contribution < 1.29 is 77.4 Å². The first-order valence-corrected chi connectivity index (χ1v) is 38.8. The van der Waals surface area contributed by atoms with Gasteiger partial charge in [-0.25, -0.2) is 14.4 Å². The fraction of sp³-hybridized carbons (Fsp3) is 0.292. The van der Waals surface area contributed by atoms with Crippen molar-refractivity contribution >= 4 is 100 Å². The number of hydrogen-bond acceptors (Lipinski definition) is 20. The Morgan fingerprint density at radius 3 is 0.959 bits per heavy atom. The maximum absolute atomic E-state index is 13.7. The molecule has 3 heterocycles. The number of nitrogens with two attached hydrogens (primary N) is 3. The van der Waals surface area contributed by atoms with Crippen molar-refractivity contribution in [2.45, 2.75) is 122 Å². The van der Waals surface area contributed by atoms with E-state index in [1.54, 1.807) is 64.5 Å². The van der Waals surface area contributed by atoms with Crippen LogP contribution in [-0.4, -0.2) is 164 Å². The average Bonchev–Trinajstić information content (AvgIpc) is 0.799. The molecule has 6 aromatic carbocycles. The molecule has 31 nitrogen and oxygen atoms in total. The molecule has 0 aliphatic heterocycles. The van der Waals surface area contributed by atoms with Crippen LogP contribution in [0.5, 0.6) is 0 Å². The first kappa shape index (κ1) is 101. The second-order valence-corrected chi connectivity index (χ2v) is 26.4. The lowest BCUT2D eigenvalue weighted by molar-refractivity contribution is -0.146. The van der Waals surface area contributed by atoms with Gasteiger partial charge in [-0.1, -0.05) is 182 Å². The summed E-state index contributed by atoms with van der Waals surface area (Å²) in [4.78, 5) is 156. The lowest BCUT2D eigenvalue weighted by atomic mass is 9.98. The highest BCUT2D eigenvalue weighted by Gasteiger charge is 2.30. The topological polar surface area (TPSA) is 480 Å². The second kappa shape index (κ2) is 54.6. The molecular weight excluding hydrogens is 1660 g/mol. The van der Waals surface area contributed by atoms with E-state index < -0.39 is 113 Å². The predicted molar refractivity (Wildman–Crippen MR) is 470 cm³/mol. The Morgan fingerprint density at radius 1 is 0.393 bits per heavy atom. The zero-order valence-electron chi connectivity index (χ0n) is 68.0. The third-order valence-electron chi connectivity index (χ3n) is 17.8. The number of carboxylic acid groups (broad SMARTS) is 3. The number of rotatable bonds is 39.